The molecule has 2 heterocycles. The highest BCUT2D eigenvalue weighted by atomic mass is 16.2. The summed E-state index contributed by atoms with van der Waals surface area (Å²) in [6.45, 7) is 3.71. The molecule has 0 spiro atoms. The van der Waals surface area contributed by atoms with Gasteiger partial charge in [0.2, 0.25) is 0 Å². The van der Waals surface area contributed by atoms with Crippen molar-refractivity contribution in [2.75, 3.05) is 5.32 Å². The maximum atomic E-state index is 11.9. The van der Waals surface area contributed by atoms with E-state index in [4.69, 9.17) is 0 Å². The molecule has 6 heteroatoms. The van der Waals surface area contributed by atoms with E-state index in [1.165, 1.54) is 0 Å². The first-order chi connectivity index (χ1) is 7.58. The molecule has 0 aromatic carbocycles. The molecular formula is C10H13N5O. The Kier molecular flexibility index (Phi) is 2.47. The molecule has 0 radical (unpaired) electrons. The Bertz CT molecular complexity index is 525. The molecule has 2 N–H and O–H groups in total. The molecule has 0 saturated heterocycles. The number of hydrogen-bond acceptors (Lipinski definition) is 3. The van der Waals surface area contributed by atoms with E-state index in [0.717, 1.165) is 11.3 Å². The van der Waals surface area contributed by atoms with Gasteiger partial charge in [-0.3, -0.25) is 14.6 Å². The zero-order chi connectivity index (χ0) is 11.7. The van der Waals surface area contributed by atoms with Crippen molar-refractivity contribution >= 4 is 11.7 Å². The molecule has 84 valence electrons. The van der Waals surface area contributed by atoms with Crippen LogP contribution in [-0.4, -0.2) is 25.9 Å². The Labute approximate surface area is 92.7 Å². The normalized spacial score (nSPS) is 10.4. The van der Waals surface area contributed by atoms with Crippen molar-refractivity contribution in [1.29, 1.82) is 0 Å². The third kappa shape index (κ3) is 1.81. The number of carbonyl (C=O) groups excluding carboxylic acids is 1. The predicted octanol–water partition coefficient (Wildman–Crippen LogP) is 1.01. The fourth-order valence-electron chi connectivity index (χ4n) is 1.47. The van der Waals surface area contributed by atoms with Crippen molar-refractivity contribution in [1.82, 2.24) is 20.0 Å². The summed E-state index contributed by atoms with van der Waals surface area (Å²) in [7, 11) is 1.74. The number of anilines is 1. The van der Waals surface area contributed by atoms with Gasteiger partial charge in [-0.25, -0.2) is 0 Å². The number of nitrogens with zero attached hydrogens (tertiary/aromatic N) is 3. The summed E-state index contributed by atoms with van der Waals surface area (Å²) in [4.78, 5) is 11.9. The average molecular weight is 219 g/mol. The molecule has 0 aliphatic carbocycles. The second-order valence-corrected chi connectivity index (χ2v) is 3.68. The van der Waals surface area contributed by atoms with Crippen LogP contribution in [0.1, 0.15) is 21.7 Å². The zero-order valence-corrected chi connectivity index (χ0v) is 9.40. The lowest BCUT2D eigenvalue weighted by Crippen LogP contribution is -2.16. The lowest BCUT2D eigenvalue weighted by Gasteiger charge is -2.03. The highest BCUT2D eigenvalue weighted by molar-refractivity contribution is 6.02. The van der Waals surface area contributed by atoms with Crippen LogP contribution >= 0.6 is 0 Å². The number of aryl methyl sites for hydroxylation is 3. The third-order valence-corrected chi connectivity index (χ3v) is 2.30. The van der Waals surface area contributed by atoms with Crippen LogP contribution in [0.15, 0.2) is 12.3 Å². The number of amides is 1. The van der Waals surface area contributed by atoms with E-state index in [2.05, 4.69) is 20.6 Å². The SMILES string of the molecule is Cc1cc(C(=O)Nc2[nH]ncc2C)n(C)n1. The topological polar surface area (TPSA) is 75.6 Å². The van der Waals surface area contributed by atoms with Gasteiger partial charge in [-0.05, 0) is 19.9 Å². The molecule has 0 atom stereocenters. The van der Waals surface area contributed by atoms with E-state index < -0.39 is 0 Å². The Morgan fingerprint density at radius 1 is 1.50 bits per heavy atom. The highest BCUT2D eigenvalue weighted by Crippen LogP contribution is 2.11. The molecule has 0 saturated carbocycles. The predicted molar refractivity (Wildman–Crippen MR) is 59.2 cm³/mol. The molecule has 0 fully saturated rings. The average Bonchev–Trinajstić information content (AvgIpc) is 2.74. The van der Waals surface area contributed by atoms with Gasteiger partial charge in [0.05, 0.1) is 11.9 Å². The molecule has 0 aliphatic heterocycles. The molecule has 6 nitrogen and oxygen atoms in total. The Balaban J connectivity index is 2.21. The Morgan fingerprint density at radius 3 is 2.75 bits per heavy atom. The van der Waals surface area contributed by atoms with Gasteiger partial charge in [-0.15, -0.1) is 0 Å². The second kappa shape index (κ2) is 3.80. The van der Waals surface area contributed by atoms with Crippen molar-refractivity contribution in [3.8, 4) is 0 Å². The van der Waals surface area contributed by atoms with Crippen LogP contribution in [0.5, 0.6) is 0 Å². The Hall–Kier alpha value is -2.11. The van der Waals surface area contributed by atoms with Gasteiger partial charge in [-0.1, -0.05) is 0 Å². The second-order valence-electron chi connectivity index (χ2n) is 3.68. The zero-order valence-electron chi connectivity index (χ0n) is 9.40. The van der Waals surface area contributed by atoms with Crippen LogP contribution in [0.2, 0.25) is 0 Å². The number of hydrogen-bond donors (Lipinski definition) is 2. The van der Waals surface area contributed by atoms with Gasteiger partial charge in [-0.2, -0.15) is 10.2 Å². The minimum absolute atomic E-state index is 0.199. The van der Waals surface area contributed by atoms with Crippen molar-refractivity contribution < 1.29 is 4.79 Å². The molecule has 16 heavy (non-hydrogen) atoms. The van der Waals surface area contributed by atoms with Crippen molar-refractivity contribution in [3.63, 3.8) is 0 Å². The largest absolute Gasteiger partial charge is 0.305 e. The smallest absolute Gasteiger partial charge is 0.275 e. The van der Waals surface area contributed by atoms with Crippen LogP contribution < -0.4 is 5.32 Å². The molecule has 0 bridgehead atoms. The van der Waals surface area contributed by atoms with E-state index in [-0.39, 0.29) is 5.91 Å². The molecule has 2 aromatic rings. The summed E-state index contributed by atoms with van der Waals surface area (Å²) in [5.74, 6) is 0.416. The van der Waals surface area contributed by atoms with Gasteiger partial charge in [0.25, 0.3) is 5.91 Å². The first kappa shape index (κ1) is 10.4. The first-order valence-electron chi connectivity index (χ1n) is 4.90. The summed E-state index contributed by atoms with van der Waals surface area (Å²) in [6.07, 6.45) is 1.66. The molecule has 2 aromatic heterocycles. The fraction of sp³-hybridized carbons (Fsp3) is 0.300. The van der Waals surface area contributed by atoms with Gasteiger partial charge < -0.3 is 5.32 Å². The van der Waals surface area contributed by atoms with E-state index >= 15 is 0 Å². The number of nitrogens with one attached hydrogen (secondary N) is 2. The number of aromatic nitrogens is 4. The molecule has 2 rings (SSSR count). The quantitative estimate of drug-likeness (QED) is 0.791. The number of H-pyrrole nitrogens is 1. The summed E-state index contributed by atoms with van der Waals surface area (Å²) in [5.41, 5.74) is 2.23. The number of aromatic amines is 1. The van der Waals surface area contributed by atoms with Crippen LogP contribution in [0.3, 0.4) is 0 Å². The minimum atomic E-state index is -0.199. The molecule has 0 aliphatic rings. The van der Waals surface area contributed by atoms with Crippen LogP contribution in [0, 0.1) is 13.8 Å². The van der Waals surface area contributed by atoms with Gasteiger partial charge in [0.15, 0.2) is 0 Å². The summed E-state index contributed by atoms with van der Waals surface area (Å²) in [6, 6.07) is 1.74. The van der Waals surface area contributed by atoms with Crippen LogP contribution in [-0.2, 0) is 7.05 Å². The van der Waals surface area contributed by atoms with E-state index in [1.54, 1.807) is 24.0 Å². The molecular weight excluding hydrogens is 206 g/mol. The van der Waals surface area contributed by atoms with Crippen LogP contribution in [0.4, 0.5) is 5.82 Å². The van der Waals surface area contributed by atoms with Crippen molar-refractivity contribution in [2.24, 2.45) is 7.05 Å². The highest BCUT2D eigenvalue weighted by Gasteiger charge is 2.13. The summed E-state index contributed by atoms with van der Waals surface area (Å²) >= 11 is 0. The summed E-state index contributed by atoms with van der Waals surface area (Å²) < 4.78 is 1.55. The van der Waals surface area contributed by atoms with Gasteiger partial charge in [0.1, 0.15) is 11.5 Å². The lowest BCUT2D eigenvalue weighted by molar-refractivity contribution is 0.101. The van der Waals surface area contributed by atoms with Crippen molar-refractivity contribution in [2.45, 2.75) is 13.8 Å². The fourth-order valence-corrected chi connectivity index (χ4v) is 1.47. The number of carbonyl (C=O) groups is 1. The van der Waals surface area contributed by atoms with E-state index in [0.29, 0.717) is 11.5 Å². The maximum Gasteiger partial charge on any atom is 0.275 e. The first-order valence-corrected chi connectivity index (χ1v) is 4.90. The van der Waals surface area contributed by atoms with Crippen LogP contribution in [0.25, 0.3) is 0 Å². The van der Waals surface area contributed by atoms with E-state index in [9.17, 15) is 4.79 Å². The third-order valence-electron chi connectivity index (χ3n) is 2.30. The number of rotatable bonds is 2. The Morgan fingerprint density at radius 2 is 2.25 bits per heavy atom. The van der Waals surface area contributed by atoms with Crippen molar-refractivity contribution in [3.05, 3.63) is 29.2 Å². The monoisotopic (exact) mass is 219 g/mol. The van der Waals surface area contributed by atoms with Gasteiger partial charge in [0, 0.05) is 12.6 Å². The molecule has 0 unspecified atom stereocenters. The van der Waals surface area contributed by atoms with Gasteiger partial charge >= 0.3 is 0 Å². The summed E-state index contributed by atoms with van der Waals surface area (Å²) in [5, 5.41) is 13.4. The molecule has 1 amide bonds. The maximum absolute atomic E-state index is 11.9. The van der Waals surface area contributed by atoms with E-state index in [1.807, 2.05) is 13.8 Å². The standard InChI is InChI=1S/C10H13N5O/c1-6-5-11-13-9(6)12-10(16)8-4-7(2)14-15(8)3/h4-5H,1-3H3,(H2,11,12,13,16). The lowest BCUT2D eigenvalue weighted by atomic mass is 10.3. The minimum Gasteiger partial charge on any atom is -0.305 e.